The minimum absolute atomic E-state index is 0.0706. The van der Waals surface area contributed by atoms with E-state index in [2.05, 4.69) is 5.32 Å². The number of sulfone groups is 1. The first-order valence-corrected chi connectivity index (χ1v) is 7.49. The highest BCUT2D eigenvalue weighted by Gasteiger charge is 2.06. The molecule has 1 aromatic carbocycles. The molecule has 1 atom stereocenters. The summed E-state index contributed by atoms with van der Waals surface area (Å²) in [5.74, 6) is 0.0706. The van der Waals surface area contributed by atoms with Crippen LogP contribution in [0.15, 0.2) is 24.3 Å². The second-order valence-corrected chi connectivity index (χ2v) is 6.41. The van der Waals surface area contributed by atoms with E-state index < -0.39 is 9.84 Å². The normalized spacial score (nSPS) is 13.4. The molecule has 1 rings (SSSR count). The Labute approximate surface area is 103 Å². The maximum Gasteiger partial charge on any atom is 0.151 e. The highest BCUT2D eigenvalue weighted by molar-refractivity contribution is 7.89. The number of hydrogen-bond acceptors (Lipinski definition) is 4. The number of nitrogens with one attached hydrogen (secondary N) is 1. The van der Waals surface area contributed by atoms with Gasteiger partial charge in [0.25, 0.3) is 0 Å². The third-order valence-electron chi connectivity index (χ3n) is 2.19. The van der Waals surface area contributed by atoms with Crippen molar-refractivity contribution in [1.82, 2.24) is 0 Å². The summed E-state index contributed by atoms with van der Waals surface area (Å²) in [5.41, 5.74) is 1.71. The Morgan fingerprint density at radius 3 is 2.71 bits per heavy atom. The van der Waals surface area contributed by atoms with Crippen molar-refractivity contribution in [2.75, 3.05) is 25.3 Å². The number of rotatable bonds is 6. The molecule has 1 aromatic rings. The van der Waals surface area contributed by atoms with E-state index in [0.717, 1.165) is 11.3 Å². The molecule has 4 nitrogen and oxygen atoms in total. The molecule has 0 saturated heterocycles. The van der Waals surface area contributed by atoms with Crippen LogP contribution < -0.4 is 5.32 Å². The molecule has 0 unspecified atom stereocenters. The van der Waals surface area contributed by atoms with Gasteiger partial charge >= 0.3 is 0 Å². The second-order valence-electron chi connectivity index (χ2n) is 4.27. The molecule has 17 heavy (non-hydrogen) atoms. The fourth-order valence-electron chi connectivity index (χ4n) is 1.63. The zero-order valence-electron chi connectivity index (χ0n) is 10.4. The average Bonchev–Trinajstić information content (AvgIpc) is 2.15. The monoisotopic (exact) mass is 257 g/mol. The lowest BCUT2D eigenvalue weighted by atomic mass is 10.2. The lowest BCUT2D eigenvalue weighted by Gasteiger charge is -2.14. The van der Waals surface area contributed by atoms with Gasteiger partial charge in [-0.2, -0.15) is 0 Å². The van der Waals surface area contributed by atoms with Crippen LogP contribution >= 0.6 is 0 Å². The molecule has 0 spiro atoms. The minimum atomic E-state index is -2.99. The van der Waals surface area contributed by atoms with E-state index in [1.54, 1.807) is 7.11 Å². The van der Waals surface area contributed by atoms with Crippen LogP contribution in [0.2, 0.25) is 0 Å². The largest absolute Gasteiger partial charge is 0.383 e. The number of ether oxygens (including phenoxy) is 1. The molecule has 0 radical (unpaired) electrons. The van der Waals surface area contributed by atoms with E-state index in [4.69, 9.17) is 4.74 Å². The molecule has 1 N–H and O–H groups in total. The Morgan fingerprint density at radius 1 is 1.41 bits per heavy atom. The molecule has 0 fully saturated rings. The first kappa shape index (κ1) is 14.0. The van der Waals surface area contributed by atoms with E-state index in [1.165, 1.54) is 6.26 Å². The Hall–Kier alpha value is -1.07. The minimum Gasteiger partial charge on any atom is -0.383 e. The molecule has 0 bridgehead atoms. The van der Waals surface area contributed by atoms with Crippen molar-refractivity contribution in [3.05, 3.63) is 29.8 Å². The SMILES string of the molecule is COC[C@H](C)Nc1cccc(CS(C)(=O)=O)c1. The van der Waals surface area contributed by atoms with Crippen molar-refractivity contribution < 1.29 is 13.2 Å². The predicted octanol–water partition coefficient (Wildman–Crippen LogP) is 1.68. The molecule has 0 aliphatic rings. The van der Waals surface area contributed by atoms with Crippen LogP contribution in [-0.2, 0) is 20.3 Å². The summed E-state index contributed by atoms with van der Waals surface area (Å²) in [6.07, 6.45) is 1.24. The summed E-state index contributed by atoms with van der Waals surface area (Å²) >= 11 is 0. The Balaban J connectivity index is 2.72. The topological polar surface area (TPSA) is 55.4 Å². The molecule has 0 aromatic heterocycles. The van der Waals surface area contributed by atoms with Gasteiger partial charge in [-0.1, -0.05) is 12.1 Å². The smallest absolute Gasteiger partial charge is 0.151 e. The predicted molar refractivity (Wildman–Crippen MR) is 70.0 cm³/mol. The molecular weight excluding hydrogens is 238 g/mol. The van der Waals surface area contributed by atoms with Gasteiger partial charge in [0.1, 0.15) is 0 Å². The summed E-state index contributed by atoms with van der Waals surface area (Å²) < 4.78 is 27.4. The van der Waals surface area contributed by atoms with Crippen molar-refractivity contribution in [3.63, 3.8) is 0 Å². The number of methoxy groups -OCH3 is 1. The standard InChI is InChI=1S/C12H19NO3S/c1-10(8-16-2)13-12-6-4-5-11(7-12)9-17(3,14)15/h4-7,10,13H,8-9H2,1-3H3/t10-/m0/s1. The maximum atomic E-state index is 11.2. The third-order valence-corrected chi connectivity index (χ3v) is 3.04. The van der Waals surface area contributed by atoms with Crippen LogP contribution in [-0.4, -0.2) is 34.4 Å². The van der Waals surface area contributed by atoms with Crippen molar-refractivity contribution in [3.8, 4) is 0 Å². The summed E-state index contributed by atoms with van der Waals surface area (Å²) in [7, 11) is -1.33. The molecule has 0 saturated carbocycles. The van der Waals surface area contributed by atoms with E-state index >= 15 is 0 Å². The van der Waals surface area contributed by atoms with Crippen LogP contribution in [0, 0.1) is 0 Å². The summed E-state index contributed by atoms with van der Waals surface area (Å²) in [6.45, 7) is 2.61. The zero-order chi connectivity index (χ0) is 12.9. The van der Waals surface area contributed by atoms with Gasteiger partial charge in [0, 0.05) is 25.1 Å². The molecule has 0 aliphatic carbocycles. The van der Waals surface area contributed by atoms with E-state index in [-0.39, 0.29) is 11.8 Å². The van der Waals surface area contributed by atoms with Crippen LogP contribution in [0.3, 0.4) is 0 Å². The van der Waals surface area contributed by atoms with Gasteiger partial charge in [0.05, 0.1) is 12.4 Å². The number of benzene rings is 1. The van der Waals surface area contributed by atoms with Crippen molar-refractivity contribution in [1.29, 1.82) is 0 Å². The fourth-order valence-corrected chi connectivity index (χ4v) is 2.41. The fraction of sp³-hybridized carbons (Fsp3) is 0.500. The molecular formula is C12H19NO3S. The highest BCUT2D eigenvalue weighted by Crippen LogP contribution is 2.14. The van der Waals surface area contributed by atoms with Crippen molar-refractivity contribution in [2.45, 2.75) is 18.7 Å². The average molecular weight is 257 g/mol. The van der Waals surface area contributed by atoms with Gasteiger partial charge in [0.15, 0.2) is 9.84 Å². The van der Waals surface area contributed by atoms with Crippen LogP contribution in [0.25, 0.3) is 0 Å². The van der Waals surface area contributed by atoms with Crippen LogP contribution in [0.5, 0.6) is 0 Å². The van der Waals surface area contributed by atoms with E-state index in [0.29, 0.717) is 6.61 Å². The molecule has 0 amide bonds. The van der Waals surface area contributed by atoms with Crippen LogP contribution in [0.1, 0.15) is 12.5 Å². The van der Waals surface area contributed by atoms with Gasteiger partial charge in [-0.05, 0) is 24.6 Å². The van der Waals surface area contributed by atoms with Gasteiger partial charge < -0.3 is 10.1 Å². The zero-order valence-corrected chi connectivity index (χ0v) is 11.3. The van der Waals surface area contributed by atoms with Crippen molar-refractivity contribution in [2.24, 2.45) is 0 Å². The maximum absolute atomic E-state index is 11.2. The van der Waals surface area contributed by atoms with Crippen LogP contribution in [0.4, 0.5) is 5.69 Å². The Morgan fingerprint density at radius 2 is 2.12 bits per heavy atom. The van der Waals surface area contributed by atoms with Crippen molar-refractivity contribution >= 4 is 15.5 Å². The highest BCUT2D eigenvalue weighted by atomic mass is 32.2. The third kappa shape index (κ3) is 5.70. The van der Waals surface area contributed by atoms with E-state index in [1.807, 2.05) is 31.2 Å². The molecule has 0 heterocycles. The van der Waals surface area contributed by atoms with Gasteiger partial charge in [-0.25, -0.2) is 8.42 Å². The summed E-state index contributed by atoms with van der Waals surface area (Å²) in [5, 5.41) is 3.25. The number of anilines is 1. The lowest BCUT2D eigenvalue weighted by molar-refractivity contribution is 0.190. The molecule has 96 valence electrons. The van der Waals surface area contributed by atoms with Gasteiger partial charge in [0.2, 0.25) is 0 Å². The summed E-state index contributed by atoms with van der Waals surface area (Å²) in [4.78, 5) is 0. The number of hydrogen-bond donors (Lipinski definition) is 1. The van der Waals surface area contributed by atoms with Gasteiger partial charge in [-0.3, -0.25) is 0 Å². The second kappa shape index (κ2) is 6.02. The lowest BCUT2D eigenvalue weighted by Crippen LogP contribution is -2.20. The molecule has 0 aliphatic heterocycles. The van der Waals surface area contributed by atoms with E-state index in [9.17, 15) is 8.42 Å². The quantitative estimate of drug-likeness (QED) is 0.842. The summed E-state index contributed by atoms with van der Waals surface area (Å²) in [6, 6.07) is 7.62. The first-order valence-electron chi connectivity index (χ1n) is 5.43. The Bertz CT molecular complexity index is 457. The van der Waals surface area contributed by atoms with Gasteiger partial charge in [-0.15, -0.1) is 0 Å². The Kier molecular flexibility index (Phi) is 4.96. The molecule has 5 heteroatoms. The first-order chi connectivity index (χ1) is 7.90.